The summed E-state index contributed by atoms with van der Waals surface area (Å²) in [6.07, 6.45) is 8.54. The lowest BCUT2D eigenvalue weighted by Gasteiger charge is -2.26. The molecule has 1 aliphatic carbocycles. The van der Waals surface area contributed by atoms with Crippen LogP contribution >= 0.6 is 0 Å². The Morgan fingerprint density at radius 3 is 2.78 bits per heavy atom. The molecule has 8 heteroatoms. The quantitative estimate of drug-likeness (QED) is 0.265. The van der Waals surface area contributed by atoms with Crippen LogP contribution in [0.4, 0.5) is 0 Å². The summed E-state index contributed by atoms with van der Waals surface area (Å²) < 4.78 is 12.1. The number of nitrogens with zero attached hydrogens (tertiary/aromatic N) is 3. The molecule has 0 saturated heterocycles. The van der Waals surface area contributed by atoms with E-state index >= 15 is 0 Å². The lowest BCUT2D eigenvalue weighted by atomic mass is 9.86. The third-order valence-electron chi connectivity index (χ3n) is 6.55. The molecule has 36 heavy (non-hydrogen) atoms. The van der Waals surface area contributed by atoms with Crippen LogP contribution in [0.1, 0.15) is 68.6 Å². The molecule has 0 amide bonds. The van der Waals surface area contributed by atoms with E-state index in [4.69, 9.17) is 4.52 Å². The van der Waals surface area contributed by atoms with Crippen molar-refractivity contribution in [2.24, 2.45) is 5.92 Å². The van der Waals surface area contributed by atoms with Gasteiger partial charge >= 0.3 is 5.97 Å². The van der Waals surface area contributed by atoms with Gasteiger partial charge in [-0.1, -0.05) is 17.0 Å². The van der Waals surface area contributed by atoms with Crippen LogP contribution in [-0.4, -0.2) is 45.5 Å². The highest BCUT2D eigenvalue weighted by Gasteiger charge is 2.19. The zero-order valence-corrected chi connectivity index (χ0v) is 20.9. The lowest BCUT2D eigenvalue weighted by Crippen LogP contribution is -2.33. The molecule has 0 spiro atoms. The second-order valence-corrected chi connectivity index (χ2v) is 9.30. The molecule has 3 aromatic rings. The van der Waals surface area contributed by atoms with Crippen molar-refractivity contribution in [3.63, 3.8) is 0 Å². The first kappa shape index (κ1) is 25.7. The molecule has 2 aromatic heterocycles. The average Bonchev–Trinajstić information content (AvgIpc) is 3.56. The van der Waals surface area contributed by atoms with Gasteiger partial charge in [0.25, 0.3) is 0 Å². The topological polar surface area (TPSA) is 102 Å². The number of carbonyl (C=O) groups excluding carboxylic acids is 1. The SMILES string of the molecule is COC(=O)CCCNC1CCC(C#Cc2ccc(-c3cc(Cn4ccnc4[C@H](C)O)no3)cc2)CC1. The smallest absolute Gasteiger partial charge is 0.305 e. The summed E-state index contributed by atoms with van der Waals surface area (Å²) in [4.78, 5) is 15.4. The molecule has 1 atom stereocenters. The van der Waals surface area contributed by atoms with Gasteiger partial charge in [0.15, 0.2) is 5.76 Å². The van der Waals surface area contributed by atoms with Crippen molar-refractivity contribution >= 4 is 5.97 Å². The highest BCUT2D eigenvalue weighted by Crippen LogP contribution is 2.25. The van der Waals surface area contributed by atoms with Crippen LogP contribution in [-0.2, 0) is 16.1 Å². The third-order valence-corrected chi connectivity index (χ3v) is 6.55. The minimum atomic E-state index is -0.643. The Kier molecular flexibility index (Phi) is 8.93. The summed E-state index contributed by atoms with van der Waals surface area (Å²) in [6, 6.07) is 10.5. The van der Waals surface area contributed by atoms with E-state index < -0.39 is 6.10 Å². The Hall–Kier alpha value is -3.41. The molecular weight excluding hydrogens is 456 g/mol. The molecule has 8 nitrogen and oxygen atoms in total. The number of hydrogen-bond donors (Lipinski definition) is 2. The van der Waals surface area contributed by atoms with Gasteiger partial charge in [0, 0.05) is 48.0 Å². The highest BCUT2D eigenvalue weighted by molar-refractivity contribution is 5.69. The molecule has 0 unspecified atom stereocenters. The molecule has 1 fully saturated rings. The van der Waals surface area contributed by atoms with E-state index in [1.54, 1.807) is 13.1 Å². The number of nitrogens with one attached hydrogen (secondary N) is 1. The van der Waals surface area contributed by atoms with E-state index in [0.29, 0.717) is 36.5 Å². The number of ether oxygens (including phenoxy) is 1. The Morgan fingerprint density at radius 2 is 2.06 bits per heavy atom. The first-order chi connectivity index (χ1) is 17.5. The molecule has 0 aliphatic heterocycles. The van der Waals surface area contributed by atoms with E-state index in [1.165, 1.54) is 7.11 Å². The minimum absolute atomic E-state index is 0.146. The molecular formula is C28H34N4O4. The number of aromatic nitrogens is 3. The number of esters is 1. The number of carbonyl (C=O) groups is 1. The van der Waals surface area contributed by atoms with Gasteiger partial charge in [-0.3, -0.25) is 4.79 Å². The van der Waals surface area contributed by atoms with Crippen molar-refractivity contribution in [1.29, 1.82) is 0 Å². The van der Waals surface area contributed by atoms with E-state index in [1.807, 2.05) is 41.1 Å². The molecule has 1 saturated carbocycles. The zero-order valence-electron chi connectivity index (χ0n) is 20.9. The van der Waals surface area contributed by atoms with Crippen LogP contribution in [0.2, 0.25) is 0 Å². The normalized spacial score (nSPS) is 18.3. The van der Waals surface area contributed by atoms with Crippen molar-refractivity contribution in [3.05, 3.63) is 59.8 Å². The molecule has 0 radical (unpaired) electrons. The van der Waals surface area contributed by atoms with Gasteiger partial charge in [0.1, 0.15) is 17.6 Å². The van der Waals surface area contributed by atoms with E-state index in [2.05, 4.69) is 32.0 Å². The monoisotopic (exact) mass is 490 g/mol. The number of benzene rings is 1. The summed E-state index contributed by atoms with van der Waals surface area (Å²) in [7, 11) is 1.43. The summed E-state index contributed by atoms with van der Waals surface area (Å²) in [5.74, 6) is 8.34. The van der Waals surface area contributed by atoms with Crippen LogP contribution < -0.4 is 5.32 Å². The number of aliphatic hydroxyl groups excluding tert-OH is 1. The fourth-order valence-corrected chi connectivity index (χ4v) is 4.51. The van der Waals surface area contributed by atoms with Gasteiger partial charge in [-0.2, -0.15) is 0 Å². The van der Waals surface area contributed by atoms with Crippen LogP contribution in [0, 0.1) is 17.8 Å². The van der Waals surface area contributed by atoms with E-state index in [-0.39, 0.29) is 5.97 Å². The van der Waals surface area contributed by atoms with E-state index in [0.717, 1.165) is 55.5 Å². The molecule has 1 aliphatic rings. The van der Waals surface area contributed by atoms with Gasteiger partial charge in [-0.25, -0.2) is 4.98 Å². The molecule has 1 aromatic carbocycles. The maximum absolute atomic E-state index is 11.2. The summed E-state index contributed by atoms with van der Waals surface area (Å²) in [5.41, 5.74) is 2.70. The van der Waals surface area contributed by atoms with Gasteiger partial charge in [0.2, 0.25) is 0 Å². The first-order valence-electron chi connectivity index (χ1n) is 12.6. The second-order valence-electron chi connectivity index (χ2n) is 9.30. The highest BCUT2D eigenvalue weighted by atomic mass is 16.5. The van der Waals surface area contributed by atoms with Gasteiger partial charge in [-0.15, -0.1) is 0 Å². The standard InChI is InChI=1S/C28H34N4O4/c1-20(33)28-30-16-17-32(28)19-25-18-26(36-31-25)23-11-7-21(8-12-23)5-6-22-9-13-24(14-10-22)29-15-3-4-27(34)35-2/h7-8,11-12,16-18,20,22,24,29,33H,3-4,9-10,13-15,19H2,1-2H3/t20-,22?,24?/m0/s1. The van der Waals surface area contributed by atoms with Crippen molar-refractivity contribution in [3.8, 4) is 23.2 Å². The molecule has 2 N–H and O–H groups in total. The van der Waals surface area contributed by atoms with Crippen molar-refractivity contribution < 1.29 is 19.2 Å². The number of methoxy groups -OCH3 is 1. The third kappa shape index (κ3) is 7.06. The Balaban J connectivity index is 1.25. The fraction of sp³-hybridized carbons (Fsp3) is 0.464. The Morgan fingerprint density at radius 1 is 1.28 bits per heavy atom. The number of aliphatic hydroxyl groups is 1. The maximum atomic E-state index is 11.2. The van der Waals surface area contributed by atoms with Gasteiger partial charge in [-0.05, 0) is 69.8 Å². The summed E-state index contributed by atoms with van der Waals surface area (Å²) >= 11 is 0. The lowest BCUT2D eigenvalue weighted by molar-refractivity contribution is -0.140. The van der Waals surface area contributed by atoms with Crippen LogP contribution in [0.5, 0.6) is 0 Å². The number of rotatable bonds is 9. The van der Waals surface area contributed by atoms with Crippen molar-refractivity contribution in [1.82, 2.24) is 20.0 Å². The largest absolute Gasteiger partial charge is 0.469 e. The molecule has 0 bridgehead atoms. The molecule has 2 heterocycles. The first-order valence-corrected chi connectivity index (χ1v) is 12.6. The molecule has 4 rings (SSSR count). The van der Waals surface area contributed by atoms with Crippen LogP contribution in [0.25, 0.3) is 11.3 Å². The van der Waals surface area contributed by atoms with Crippen LogP contribution in [0.15, 0.2) is 47.2 Å². The Labute approximate surface area is 212 Å². The second kappa shape index (κ2) is 12.5. The van der Waals surface area contributed by atoms with Crippen molar-refractivity contribution in [2.45, 2.75) is 64.1 Å². The average molecular weight is 491 g/mol. The van der Waals surface area contributed by atoms with Crippen molar-refractivity contribution in [2.75, 3.05) is 13.7 Å². The fourth-order valence-electron chi connectivity index (χ4n) is 4.51. The zero-order chi connectivity index (χ0) is 25.3. The number of hydrogen-bond acceptors (Lipinski definition) is 7. The van der Waals surface area contributed by atoms with Gasteiger partial charge < -0.3 is 24.3 Å². The van der Waals surface area contributed by atoms with Crippen LogP contribution in [0.3, 0.4) is 0 Å². The minimum Gasteiger partial charge on any atom is -0.469 e. The van der Waals surface area contributed by atoms with E-state index in [9.17, 15) is 9.90 Å². The summed E-state index contributed by atoms with van der Waals surface area (Å²) in [5, 5.41) is 17.6. The molecule has 190 valence electrons. The number of imidazole rings is 1. The maximum Gasteiger partial charge on any atom is 0.305 e. The van der Waals surface area contributed by atoms with Gasteiger partial charge in [0.05, 0.1) is 13.7 Å². The predicted octanol–water partition coefficient (Wildman–Crippen LogP) is 4.09. The Bertz CT molecular complexity index is 1180. The summed E-state index contributed by atoms with van der Waals surface area (Å²) in [6.45, 7) is 3.03. The predicted molar refractivity (Wildman–Crippen MR) is 136 cm³/mol.